The van der Waals surface area contributed by atoms with Gasteiger partial charge >= 0.3 is 0 Å². The molecule has 0 saturated carbocycles. The Bertz CT molecular complexity index is 1320. The minimum atomic E-state index is -0.279. The highest BCUT2D eigenvalue weighted by Crippen LogP contribution is 2.43. The highest BCUT2D eigenvalue weighted by Gasteiger charge is 2.42. The van der Waals surface area contributed by atoms with E-state index in [-0.39, 0.29) is 17.9 Å². The maximum atomic E-state index is 13.7. The lowest BCUT2D eigenvalue weighted by Crippen LogP contribution is -2.29. The number of nitrogens with zero attached hydrogens (tertiary/aromatic N) is 4. The van der Waals surface area contributed by atoms with E-state index in [4.69, 9.17) is 12.2 Å². The Morgan fingerprint density at radius 1 is 0.939 bits per heavy atom. The molecule has 7 heteroatoms. The van der Waals surface area contributed by atoms with Gasteiger partial charge in [0.2, 0.25) is 0 Å². The van der Waals surface area contributed by atoms with Crippen molar-refractivity contribution in [3.05, 3.63) is 107 Å². The molecule has 2 atom stereocenters. The summed E-state index contributed by atoms with van der Waals surface area (Å²) in [5.41, 5.74) is 6.15. The van der Waals surface area contributed by atoms with E-state index in [1.165, 1.54) is 12.1 Å². The third-order valence-electron chi connectivity index (χ3n) is 6.12. The van der Waals surface area contributed by atoms with Gasteiger partial charge in [-0.15, -0.1) is 0 Å². The first-order valence-corrected chi connectivity index (χ1v) is 11.2. The molecule has 4 aromatic rings. The summed E-state index contributed by atoms with van der Waals surface area (Å²) < 4.78 is 15.9. The Kier molecular flexibility index (Phi) is 5.42. The molecule has 1 fully saturated rings. The number of anilines is 1. The van der Waals surface area contributed by atoms with E-state index < -0.39 is 0 Å². The lowest BCUT2D eigenvalue weighted by Gasteiger charge is -2.28. The highest BCUT2D eigenvalue weighted by atomic mass is 32.1. The third-order valence-corrected chi connectivity index (χ3v) is 6.44. The van der Waals surface area contributed by atoms with Crippen molar-refractivity contribution in [3.8, 4) is 5.82 Å². The molecule has 5 rings (SSSR count). The second-order valence-electron chi connectivity index (χ2n) is 8.33. The fourth-order valence-corrected chi connectivity index (χ4v) is 4.98. The average Bonchev–Trinajstić information content (AvgIpc) is 3.30. The number of hydrogen-bond acceptors (Lipinski definition) is 3. The molecule has 1 aliphatic heterocycles. The summed E-state index contributed by atoms with van der Waals surface area (Å²) in [6.45, 7) is 6.25. The summed E-state index contributed by atoms with van der Waals surface area (Å²) in [5, 5.41) is 4.05. The van der Waals surface area contributed by atoms with Gasteiger partial charge in [-0.2, -0.15) is 0 Å². The number of benzene rings is 1. The second kappa shape index (κ2) is 8.41. The van der Waals surface area contributed by atoms with Gasteiger partial charge in [0.1, 0.15) is 11.6 Å². The average molecular weight is 458 g/mol. The Morgan fingerprint density at radius 2 is 1.73 bits per heavy atom. The van der Waals surface area contributed by atoms with E-state index in [2.05, 4.69) is 57.7 Å². The highest BCUT2D eigenvalue weighted by molar-refractivity contribution is 7.80. The van der Waals surface area contributed by atoms with Gasteiger partial charge in [-0.05, 0) is 98.7 Å². The zero-order valence-corrected chi connectivity index (χ0v) is 19.5. The van der Waals surface area contributed by atoms with Crippen molar-refractivity contribution in [2.75, 3.05) is 4.90 Å². The molecule has 1 aliphatic rings. The van der Waals surface area contributed by atoms with Gasteiger partial charge in [0.05, 0.1) is 17.8 Å². The van der Waals surface area contributed by atoms with Crippen LogP contribution in [0.25, 0.3) is 5.82 Å². The number of nitrogens with one attached hydrogen (secondary N) is 1. The van der Waals surface area contributed by atoms with E-state index in [9.17, 15) is 4.39 Å². The van der Waals surface area contributed by atoms with Gasteiger partial charge in [-0.3, -0.25) is 4.98 Å². The van der Waals surface area contributed by atoms with Crippen LogP contribution in [0.1, 0.15) is 40.3 Å². The number of rotatable bonds is 4. The van der Waals surface area contributed by atoms with E-state index in [0.29, 0.717) is 5.11 Å². The molecule has 5 nitrogen and oxygen atoms in total. The maximum Gasteiger partial charge on any atom is 0.174 e. The van der Waals surface area contributed by atoms with Crippen molar-refractivity contribution >= 4 is 23.0 Å². The Morgan fingerprint density at radius 3 is 2.42 bits per heavy atom. The van der Waals surface area contributed by atoms with Crippen LogP contribution >= 0.6 is 12.2 Å². The lowest BCUT2D eigenvalue weighted by atomic mass is 9.96. The van der Waals surface area contributed by atoms with Crippen LogP contribution in [0, 0.1) is 26.6 Å². The van der Waals surface area contributed by atoms with E-state index in [1.807, 2.05) is 30.5 Å². The van der Waals surface area contributed by atoms with Crippen molar-refractivity contribution in [3.63, 3.8) is 0 Å². The Labute approximate surface area is 197 Å². The standard InChI is InChI=1S/C26H24FN5S/c1-16-11-13-29-23(14-16)31-17(2)15-21(18(31)3)25-24(22-6-4-5-12-28-22)30-26(33)32(25)20-9-7-19(27)8-10-20/h4-15,24-25H,1-3H3,(H,30,33)/t24-,25+/m0/s1. The van der Waals surface area contributed by atoms with E-state index >= 15 is 0 Å². The van der Waals surface area contributed by atoms with Crippen molar-refractivity contribution in [1.82, 2.24) is 19.9 Å². The molecule has 3 aromatic heterocycles. The van der Waals surface area contributed by atoms with Crippen LogP contribution in [0.3, 0.4) is 0 Å². The predicted molar refractivity (Wildman–Crippen MR) is 132 cm³/mol. The van der Waals surface area contributed by atoms with Gasteiger partial charge in [-0.1, -0.05) is 6.07 Å². The molecule has 166 valence electrons. The summed E-state index contributed by atoms with van der Waals surface area (Å²) in [5.74, 6) is 0.603. The molecule has 0 bridgehead atoms. The van der Waals surface area contributed by atoms with Crippen LogP contribution in [0.2, 0.25) is 0 Å². The molecule has 33 heavy (non-hydrogen) atoms. The predicted octanol–water partition coefficient (Wildman–Crippen LogP) is 5.51. The van der Waals surface area contributed by atoms with Crippen LogP contribution in [0.15, 0.2) is 73.1 Å². The minimum Gasteiger partial charge on any atom is -0.351 e. The third kappa shape index (κ3) is 3.78. The van der Waals surface area contributed by atoms with Crippen molar-refractivity contribution in [2.24, 2.45) is 0 Å². The molecule has 4 heterocycles. The maximum absolute atomic E-state index is 13.7. The molecule has 0 radical (unpaired) electrons. The number of aryl methyl sites for hydroxylation is 2. The van der Waals surface area contributed by atoms with Gasteiger partial charge in [0.15, 0.2) is 5.11 Å². The summed E-state index contributed by atoms with van der Waals surface area (Å²) in [4.78, 5) is 11.3. The zero-order chi connectivity index (χ0) is 23.1. The van der Waals surface area contributed by atoms with Crippen molar-refractivity contribution < 1.29 is 4.39 Å². The van der Waals surface area contributed by atoms with Crippen LogP contribution in [-0.2, 0) is 0 Å². The van der Waals surface area contributed by atoms with Crippen LogP contribution in [0.4, 0.5) is 10.1 Å². The monoisotopic (exact) mass is 457 g/mol. The summed E-state index contributed by atoms with van der Waals surface area (Å²) in [7, 11) is 0. The van der Waals surface area contributed by atoms with Crippen LogP contribution in [0.5, 0.6) is 0 Å². The fraction of sp³-hybridized carbons (Fsp3) is 0.192. The molecular formula is C26H24FN5S. The SMILES string of the molecule is Cc1ccnc(-n2c(C)cc([C@@H]3[C@H](c4ccccn4)NC(=S)N3c3ccc(F)cc3)c2C)c1. The number of thiocarbonyl (C=S) groups is 1. The molecule has 0 amide bonds. The van der Waals surface area contributed by atoms with Crippen LogP contribution < -0.4 is 10.2 Å². The number of halogens is 1. The van der Waals surface area contributed by atoms with Crippen LogP contribution in [-0.4, -0.2) is 19.6 Å². The minimum absolute atomic E-state index is 0.164. The second-order valence-corrected chi connectivity index (χ2v) is 8.71. The molecule has 1 saturated heterocycles. The van der Waals surface area contributed by atoms with Crippen molar-refractivity contribution in [1.29, 1.82) is 0 Å². The van der Waals surface area contributed by atoms with E-state index in [1.54, 1.807) is 18.3 Å². The summed E-state index contributed by atoms with van der Waals surface area (Å²) >= 11 is 5.78. The topological polar surface area (TPSA) is 46.0 Å². The summed E-state index contributed by atoms with van der Waals surface area (Å²) in [6.07, 6.45) is 3.62. The van der Waals surface area contributed by atoms with Gasteiger partial charge in [0.25, 0.3) is 0 Å². The molecule has 1 aromatic carbocycles. The quantitative estimate of drug-likeness (QED) is 0.410. The molecule has 0 aliphatic carbocycles. The number of aromatic nitrogens is 3. The fourth-order valence-electron chi connectivity index (χ4n) is 4.63. The van der Waals surface area contributed by atoms with Gasteiger partial charge in [0, 0.05) is 29.5 Å². The molecule has 0 unspecified atom stereocenters. The largest absolute Gasteiger partial charge is 0.351 e. The van der Waals surface area contributed by atoms with Gasteiger partial charge in [-0.25, -0.2) is 9.37 Å². The zero-order valence-electron chi connectivity index (χ0n) is 18.7. The van der Waals surface area contributed by atoms with E-state index in [0.717, 1.165) is 39.7 Å². The normalized spacial score (nSPS) is 17.9. The Balaban J connectivity index is 1.68. The molecule has 0 spiro atoms. The number of pyridine rings is 2. The first-order valence-electron chi connectivity index (χ1n) is 10.8. The number of hydrogen-bond donors (Lipinski definition) is 1. The first-order chi connectivity index (χ1) is 15.9. The molecule has 1 N–H and O–H groups in total. The summed E-state index contributed by atoms with van der Waals surface area (Å²) in [6, 6.07) is 18.3. The first kappa shape index (κ1) is 21.3. The lowest BCUT2D eigenvalue weighted by molar-refractivity contribution is 0.565. The smallest absolute Gasteiger partial charge is 0.174 e. The van der Waals surface area contributed by atoms with Gasteiger partial charge < -0.3 is 14.8 Å². The molecular weight excluding hydrogens is 433 g/mol. The van der Waals surface area contributed by atoms with Crippen molar-refractivity contribution in [2.45, 2.75) is 32.9 Å². The Hall–Kier alpha value is -3.58.